The predicted octanol–water partition coefficient (Wildman–Crippen LogP) is -0.818. The number of nitrogens with two attached hydrogens (primary N) is 1. The molecule has 0 aliphatic heterocycles. The molecule has 0 radical (unpaired) electrons. The average Bonchev–Trinajstić information content (AvgIpc) is 2.70. The molecule has 2 heterocycles. The largest absolute Gasteiger partial charge is 0.477 e. The van der Waals surface area contributed by atoms with Gasteiger partial charge < -0.3 is 4.74 Å². The van der Waals surface area contributed by atoms with Gasteiger partial charge in [-0.2, -0.15) is 0 Å². The lowest BCUT2D eigenvalue weighted by atomic mass is 10.5. The molecule has 0 spiro atoms. The molecular formula is C8H11N5O3S. The number of ether oxygens (including phenoxy) is 1. The van der Waals surface area contributed by atoms with Gasteiger partial charge in [0.25, 0.3) is 0 Å². The first-order valence-electron chi connectivity index (χ1n) is 4.85. The molecule has 2 aromatic rings. The van der Waals surface area contributed by atoms with E-state index in [-0.39, 0.29) is 12.4 Å². The lowest BCUT2D eigenvalue weighted by molar-refractivity contribution is 0.299. The maximum absolute atomic E-state index is 10.7. The monoisotopic (exact) mass is 257 g/mol. The summed E-state index contributed by atoms with van der Waals surface area (Å²) in [5, 5.41) is 12.7. The number of sulfonamides is 1. The normalized spacial score (nSPS) is 11.8. The number of nitrogens with zero attached hydrogens (tertiary/aromatic N) is 4. The summed E-state index contributed by atoms with van der Waals surface area (Å²) in [6, 6.07) is 3.34. The first-order chi connectivity index (χ1) is 8.04. The molecule has 0 aliphatic carbocycles. The van der Waals surface area contributed by atoms with Gasteiger partial charge in [-0.05, 0) is 12.5 Å². The molecule has 2 N–H and O–H groups in total. The fraction of sp³-hybridized carbons (Fsp3) is 0.375. The van der Waals surface area contributed by atoms with E-state index < -0.39 is 10.0 Å². The van der Waals surface area contributed by atoms with Crippen LogP contribution >= 0.6 is 0 Å². The summed E-state index contributed by atoms with van der Waals surface area (Å²) in [5.74, 6) is 0.246. The highest BCUT2D eigenvalue weighted by Crippen LogP contribution is 2.06. The van der Waals surface area contributed by atoms with Gasteiger partial charge in [0.2, 0.25) is 15.9 Å². The summed E-state index contributed by atoms with van der Waals surface area (Å²) >= 11 is 0. The molecule has 0 unspecified atom stereocenters. The molecule has 0 aromatic carbocycles. The van der Waals surface area contributed by atoms with Crippen molar-refractivity contribution in [2.24, 2.45) is 5.14 Å². The first kappa shape index (κ1) is 11.7. The molecule has 0 fully saturated rings. The van der Waals surface area contributed by atoms with Crippen molar-refractivity contribution in [3.63, 3.8) is 0 Å². The Labute approximate surface area is 97.5 Å². The second kappa shape index (κ2) is 4.63. The lowest BCUT2D eigenvalue weighted by Gasteiger charge is -2.03. The molecule has 9 heteroatoms. The molecule has 0 saturated carbocycles. The van der Waals surface area contributed by atoms with Crippen LogP contribution in [-0.2, 0) is 10.0 Å². The number of hydrogen-bond acceptors (Lipinski definition) is 6. The van der Waals surface area contributed by atoms with Crippen LogP contribution in [0.3, 0.4) is 0 Å². The maximum Gasteiger partial charge on any atom is 0.233 e. The fourth-order valence-electron chi connectivity index (χ4n) is 1.22. The molecule has 17 heavy (non-hydrogen) atoms. The second-order valence-corrected chi connectivity index (χ2v) is 5.08. The van der Waals surface area contributed by atoms with Crippen molar-refractivity contribution < 1.29 is 13.2 Å². The summed E-state index contributed by atoms with van der Waals surface area (Å²) in [5.41, 5.74) is 0.613. The van der Waals surface area contributed by atoms with Crippen LogP contribution in [0.5, 0.6) is 5.88 Å². The van der Waals surface area contributed by atoms with E-state index in [0.717, 1.165) is 0 Å². The molecule has 0 aliphatic rings. The molecule has 2 rings (SSSR count). The Balaban J connectivity index is 1.90. The number of primary sulfonamides is 1. The molecule has 0 amide bonds. The smallest absolute Gasteiger partial charge is 0.233 e. The second-order valence-electron chi connectivity index (χ2n) is 3.35. The molecule has 2 aromatic heterocycles. The minimum absolute atomic E-state index is 0.113. The van der Waals surface area contributed by atoms with E-state index in [4.69, 9.17) is 9.88 Å². The summed E-state index contributed by atoms with van der Waals surface area (Å²) in [7, 11) is -3.43. The molecule has 8 nitrogen and oxygen atoms in total. The highest BCUT2D eigenvalue weighted by atomic mass is 32.2. The summed E-state index contributed by atoms with van der Waals surface area (Å²) < 4.78 is 27.9. The van der Waals surface area contributed by atoms with Crippen LogP contribution in [0.1, 0.15) is 6.42 Å². The Hall–Kier alpha value is -1.74. The van der Waals surface area contributed by atoms with Gasteiger partial charge >= 0.3 is 0 Å². The van der Waals surface area contributed by atoms with Gasteiger partial charge in [-0.3, -0.25) is 0 Å². The predicted molar refractivity (Wildman–Crippen MR) is 58.9 cm³/mol. The van der Waals surface area contributed by atoms with Gasteiger partial charge in [-0.25, -0.2) is 18.5 Å². The van der Waals surface area contributed by atoms with Crippen LogP contribution in [0.2, 0.25) is 0 Å². The van der Waals surface area contributed by atoms with Crippen molar-refractivity contribution in [1.29, 1.82) is 0 Å². The van der Waals surface area contributed by atoms with Crippen LogP contribution in [-0.4, -0.2) is 40.6 Å². The Kier molecular flexibility index (Phi) is 3.20. The Morgan fingerprint density at radius 3 is 3.00 bits per heavy atom. The highest BCUT2D eigenvalue weighted by Gasteiger charge is 2.04. The van der Waals surface area contributed by atoms with E-state index >= 15 is 0 Å². The summed E-state index contributed by atoms with van der Waals surface area (Å²) in [6.45, 7) is 0.226. The van der Waals surface area contributed by atoms with Crippen LogP contribution in [0.15, 0.2) is 18.5 Å². The Morgan fingerprint density at radius 1 is 1.41 bits per heavy atom. The average molecular weight is 257 g/mol. The topological polar surface area (TPSA) is 112 Å². The zero-order valence-electron chi connectivity index (χ0n) is 8.85. The van der Waals surface area contributed by atoms with Gasteiger partial charge in [0.05, 0.1) is 12.4 Å². The third-order valence-corrected chi connectivity index (χ3v) is 2.81. The molecule has 0 bridgehead atoms. The third kappa shape index (κ3) is 3.36. The standard InChI is InChI=1S/C8H11N5O3S/c9-17(14,15)5-1-4-16-8-3-2-7-10-6-11-13(7)12-8/h2-3,6H,1,4-5H2,(H2,9,14,15). The van der Waals surface area contributed by atoms with Gasteiger partial charge in [-0.15, -0.1) is 14.8 Å². The van der Waals surface area contributed by atoms with Crippen LogP contribution in [0, 0.1) is 0 Å². The quantitative estimate of drug-likeness (QED) is 0.700. The zero-order valence-corrected chi connectivity index (χ0v) is 9.67. The van der Waals surface area contributed by atoms with Crippen LogP contribution in [0.25, 0.3) is 5.65 Å². The van der Waals surface area contributed by atoms with E-state index in [2.05, 4.69) is 15.2 Å². The molecule has 0 atom stereocenters. The van der Waals surface area contributed by atoms with Crippen LogP contribution < -0.4 is 9.88 Å². The third-order valence-electron chi connectivity index (χ3n) is 1.95. The van der Waals surface area contributed by atoms with E-state index in [0.29, 0.717) is 17.9 Å². The van der Waals surface area contributed by atoms with Crippen molar-refractivity contribution in [2.45, 2.75) is 6.42 Å². The zero-order chi connectivity index (χ0) is 12.3. The Bertz CT molecular complexity index is 608. The van der Waals surface area contributed by atoms with Gasteiger partial charge in [0.1, 0.15) is 6.33 Å². The van der Waals surface area contributed by atoms with E-state index in [9.17, 15) is 8.42 Å². The Morgan fingerprint density at radius 2 is 2.24 bits per heavy atom. The molecule has 0 saturated heterocycles. The minimum atomic E-state index is -3.43. The first-order valence-corrected chi connectivity index (χ1v) is 6.56. The van der Waals surface area contributed by atoms with E-state index in [1.54, 1.807) is 12.1 Å². The minimum Gasteiger partial charge on any atom is -0.477 e. The highest BCUT2D eigenvalue weighted by molar-refractivity contribution is 7.89. The summed E-state index contributed by atoms with van der Waals surface area (Å²) in [6.07, 6.45) is 1.70. The molecular weight excluding hydrogens is 246 g/mol. The van der Waals surface area contributed by atoms with E-state index in [1.807, 2.05) is 0 Å². The summed E-state index contributed by atoms with van der Waals surface area (Å²) in [4.78, 5) is 3.93. The van der Waals surface area contributed by atoms with Crippen molar-refractivity contribution in [3.8, 4) is 5.88 Å². The number of rotatable bonds is 5. The fourth-order valence-corrected chi connectivity index (χ4v) is 1.74. The van der Waals surface area contributed by atoms with Gasteiger partial charge in [-0.1, -0.05) is 0 Å². The number of aromatic nitrogens is 4. The van der Waals surface area contributed by atoms with Crippen molar-refractivity contribution in [2.75, 3.05) is 12.4 Å². The lowest BCUT2D eigenvalue weighted by Crippen LogP contribution is -2.18. The molecule has 92 valence electrons. The number of fused-ring (bicyclic) bond motifs is 1. The van der Waals surface area contributed by atoms with Gasteiger partial charge in [0.15, 0.2) is 5.65 Å². The van der Waals surface area contributed by atoms with Crippen molar-refractivity contribution in [3.05, 3.63) is 18.5 Å². The maximum atomic E-state index is 10.7. The van der Waals surface area contributed by atoms with Gasteiger partial charge in [0, 0.05) is 6.07 Å². The van der Waals surface area contributed by atoms with E-state index in [1.165, 1.54) is 11.0 Å². The van der Waals surface area contributed by atoms with Crippen molar-refractivity contribution >= 4 is 15.7 Å². The SMILES string of the molecule is NS(=O)(=O)CCCOc1ccc2ncnn2n1. The van der Waals surface area contributed by atoms with Crippen LogP contribution in [0.4, 0.5) is 0 Å². The number of hydrogen-bond donors (Lipinski definition) is 1. The van der Waals surface area contributed by atoms with Crippen molar-refractivity contribution in [1.82, 2.24) is 19.8 Å².